The molecule has 0 aliphatic carbocycles. The van der Waals surface area contributed by atoms with Gasteiger partial charge in [0.2, 0.25) is 0 Å². The predicted molar refractivity (Wildman–Crippen MR) is 71.9 cm³/mol. The highest BCUT2D eigenvalue weighted by molar-refractivity contribution is 5.95. The monoisotopic (exact) mass is 261 g/mol. The van der Waals surface area contributed by atoms with Crippen molar-refractivity contribution in [2.45, 2.75) is 0 Å². The molecule has 0 saturated heterocycles. The SMILES string of the molecule is CN(c1cccc(F)c1)c1ccc(C(=N)N)cc1F. The Bertz CT molecular complexity index is 626. The van der Waals surface area contributed by atoms with Crippen molar-refractivity contribution in [2.75, 3.05) is 11.9 Å². The van der Waals surface area contributed by atoms with E-state index in [1.807, 2.05) is 0 Å². The normalized spacial score (nSPS) is 10.3. The number of hydrogen-bond donors (Lipinski definition) is 2. The molecule has 0 aromatic heterocycles. The summed E-state index contributed by atoms with van der Waals surface area (Å²) in [7, 11) is 1.64. The van der Waals surface area contributed by atoms with Crippen LogP contribution in [0.2, 0.25) is 0 Å². The van der Waals surface area contributed by atoms with E-state index < -0.39 is 5.82 Å². The van der Waals surface area contributed by atoms with E-state index in [1.54, 1.807) is 25.2 Å². The van der Waals surface area contributed by atoms with E-state index in [1.165, 1.54) is 29.2 Å². The summed E-state index contributed by atoms with van der Waals surface area (Å²) < 4.78 is 27.1. The Kier molecular flexibility index (Phi) is 3.46. The molecule has 5 heteroatoms. The second-order valence-electron chi connectivity index (χ2n) is 4.12. The van der Waals surface area contributed by atoms with Crippen molar-refractivity contribution < 1.29 is 8.78 Å². The fourth-order valence-electron chi connectivity index (χ4n) is 1.77. The molecule has 0 amide bonds. The Morgan fingerprint density at radius 2 is 1.89 bits per heavy atom. The Balaban J connectivity index is 2.39. The molecular weight excluding hydrogens is 248 g/mol. The molecule has 0 saturated carbocycles. The summed E-state index contributed by atoms with van der Waals surface area (Å²) in [6, 6.07) is 10.1. The molecule has 0 radical (unpaired) electrons. The molecule has 3 N–H and O–H groups in total. The van der Waals surface area contributed by atoms with Crippen molar-refractivity contribution in [3.05, 3.63) is 59.7 Å². The van der Waals surface area contributed by atoms with Crippen LogP contribution in [-0.4, -0.2) is 12.9 Å². The molecule has 0 heterocycles. The minimum absolute atomic E-state index is 0.196. The molecule has 0 atom stereocenters. The third kappa shape index (κ3) is 2.70. The van der Waals surface area contributed by atoms with Crippen LogP contribution in [0.25, 0.3) is 0 Å². The summed E-state index contributed by atoms with van der Waals surface area (Å²) in [5.74, 6) is -1.09. The van der Waals surface area contributed by atoms with Crippen molar-refractivity contribution in [3.63, 3.8) is 0 Å². The van der Waals surface area contributed by atoms with Crippen molar-refractivity contribution in [3.8, 4) is 0 Å². The van der Waals surface area contributed by atoms with Gasteiger partial charge in [-0.3, -0.25) is 5.41 Å². The lowest BCUT2D eigenvalue weighted by Gasteiger charge is -2.20. The Morgan fingerprint density at radius 1 is 1.16 bits per heavy atom. The van der Waals surface area contributed by atoms with Gasteiger partial charge < -0.3 is 10.6 Å². The van der Waals surface area contributed by atoms with Crippen LogP contribution in [-0.2, 0) is 0 Å². The van der Waals surface area contributed by atoms with Gasteiger partial charge in [-0.2, -0.15) is 0 Å². The third-order valence-electron chi connectivity index (χ3n) is 2.82. The summed E-state index contributed by atoms with van der Waals surface area (Å²) in [6.07, 6.45) is 0. The Morgan fingerprint density at radius 3 is 2.47 bits per heavy atom. The molecule has 0 aliphatic heterocycles. The summed E-state index contributed by atoms with van der Waals surface area (Å²) in [6.45, 7) is 0. The molecular formula is C14H13F2N3. The highest BCUT2D eigenvalue weighted by atomic mass is 19.1. The van der Waals surface area contributed by atoms with E-state index in [4.69, 9.17) is 11.1 Å². The number of nitrogens with two attached hydrogens (primary N) is 1. The maximum Gasteiger partial charge on any atom is 0.147 e. The fraction of sp³-hybridized carbons (Fsp3) is 0.0714. The second-order valence-corrected chi connectivity index (χ2v) is 4.12. The lowest BCUT2D eigenvalue weighted by molar-refractivity contribution is 0.623. The first-order valence-electron chi connectivity index (χ1n) is 5.62. The standard InChI is InChI=1S/C14H13F2N3/c1-19(11-4-2-3-10(15)8-11)13-6-5-9(14(17)18)7-12(13)16/h2-8H,1H3,(H3,17,18). The van der Waals surface area contributed by atoms with Crippen LogP contribution in [0.1, 0.15) is 5.56 Å². The molecule has 0 unspecified atom stereocenters. The highest BCUT2D eigenvalue weighted by Crippen LogP contribution is 2.27. The molecule has 3 nitrogen and oxygen atoms in total. The molecule has 2 rings (SSSR count). The first kappa shape index (κ1) is 13.0. The van der Waals surface area contributed by atoms with Gasteiger partial charge in [0, 0.05) is 18.3 Å². The smallest absolute Gasteiger partial charge is 0.147 e. The number of rotatable bonds is 3. The van der Waals surface area contributed by atoms with Crippen LogP contribution >= 0.6 is 0 Å². The molecule has 2 aromatic rings. The molecule has 0 bridgehead atoms. The summed E-state index contributed by atoms with van der Waals surface area (Å²) in [5, 5.41) is 7.25. The average molecular weight is 261 g/mol. The predicted octanol–water partition coefficient (Wildman–Crippen LogP) is 3.02. The summed E-state index contributed by atoms with van der Waals surface area (Å²) in [4.78, 5) is 1.53. The van der Waals surface area contributed by atoms with Crippen molar-refractivity contribution in [1.29, 1.82) is 5.41 Å². The molecule has 2 aromatic carbocycles. The van der Waals surface area contributed by atoms with Crippen molar-refractivity contribution in [1.82, 2.24) is 0 Å². The van der Waals surface area contributed by atoms with Gasteiger partial charge in [-0.1, -0.05) is 6.07 Å². The van der Waals surface area contributed by atoms with Gasteiger partial charge in [-0.25, -0.2) is 8.78 Å². The number of anilines is 2. The van der Waals surface area contributed by atoms with E-state index in [0.29, 0.717) is 11.3 Å². The van der Waals surface area contributed by atoms with Crippen LogP contribution in [0.15, 0.2) is 42.5 Å². The first-order chi connectivity index (χ1) is 8.99. The summed E-state index contributed by atoms with van der Waals surface area (Å²) in [5.41, 5.74) is 6.43. The summed E-state index contributed by atoms with van der Waals surface area (Å²) >= 11 is 0. The van der Waals surface area contributed by atoms with Crippen LogP contribution < -0.4 is 10.6 Å². The van der Waals surface area contributed by atoms with E-state index in [-0.39, 0.29) is 17.3 Å². The number of hydrogen-bond acceptors (Lipinski definition) is 2. The molecule has 19 heavy (non-hydrogen) atoms. The number of nitrogens with one attached hydrogen (secondary N) is 1. The number of halogens is 2. The van der Waals surface area contributed by atoms with Gasteiger partial charge in [-0.05, 0) is 36.4 Å². The molecule has 0 fully saturated rings. The average Bonchev–Trinajstić information content (AvgIpc) is 2.37. The number of benzene rings is 2. The minimum Gasteiger partial charge on any atom is -0.384 e. The zero-order valence-corrected chi connectivity index (χ0v) is 10.3. The number of amidine groups is 1. The maximum absolute atomic E-state index is 14.0. The van der Waals surface area contributed by atoms with Crippen LogP contribution in [0.5, 0.6) is 0 Å². The van der Waals surface area contributed by atoms with Crippen molar-refractivity contribution in [2.24, 2.45) is 5.73 Å². The zero-order valence-electron chi connectivity index (χ0n) is 10.3. The highest BCUT2D eigenvalue weighted by Gasteiger charge is 2.11. The van der Waals surface area contributed by atoms with Gasteiger partial charge in [0.1, 0.15) is 17.5 Å². The van der Waals surface area contributed by atoms with Gasteiger partial charge in [0.15, 0.2) is 0 Å². The second kappa shape index (κ2) is 5.06. The lowest BCUT2D eigenvalue weighted by atomic mass is 10.1. The van der Waals surface area contributed by atoms with Crippen LogP contribution in [0.3, 0.4) is 0 Å². The van der Waals surface area contributed by atoms with E-state index in [9.17, 15) is 8.78 Å². The van der Waals surface area contributed by atoms with Crippen LogP contribution in [0.4, 0.5) is 20.2 Å². The zero-order chi connectivity index (χ0) is 14.0. The Labute approximate surface area is 109 Å². The van der Waals surface area contributed by atoms with Gasteiger partial charge in [-0.15, -0.1) is 0 Å². The third-order valence-corrected chi connectivity index (χ3v) is 2.82. The Hall–Kier alpha value is -2.43. The quantitative estimate of drug-likeness (QED) is 0.659. The first-order valence-corrected chi connectivity index (χ1v) is 5.62. The van der Waals surface area contributed by atoms with E-state index in [2.05, 4.69) is 0 Å². The van der Waals surface area contributed by atoms with E-state index >= 15 is 0 Å². The van der Waals surface area contributed by atoms with Crippen LogP contribution in [0, 0.1) is 17.0 Å². The molecule has 98 valence electrons. The number of nitrogen functional groups attached to an aromatic ring is 1. The van der Waals surface area contributed by atoms with Gasteiger partial charge in [0.25, 0.3) is 0 Å². The van der Waals surface area contributed by atoms with Gasteiger partial charge in [0.05, 0.1) is 5.69 Å². The lowest BCUT2D eigenvalue weighted by Crippen LogP contribution is -2.14. The minimum atomic E-state index is -0.514. The molecule has 0 aliphatic rings. The molecule has 0 spiro atoms. The topological polar surface area (TPSA) is 53.1 Å². The maximum atomic E-state index is 14.0. The van der Waals surface area contributed by atoms with Gasteiger partial charge >= 0.3 is 0 Å². The fourth-order valence-corrected chi connectivity index (χ4v) is 1.77. The van der Waals surface area contributed by atoms with Crippen molar-refractivity contribution >= 4 is 17.2 Å². The number of nitrogens with zero attached hydrogens (tertiary/aromatic N) is 1. The van der Waals surface area contributed by atoms with E-state index in [0.717, 1.165) is 0 Å². The largest absolute Gasteiger partial charge is 0.384 e.